The van der Waals surface area contributed by atoms with Crippen molar-refractivity contribution in [1.82, 2.24) is 14.7 Å². The van der Waals surface area contributed by atoms with Crippen LogP contribution in [0, 0.1) is 0 Å². The van der Waals surface area contributed by atoms with Crippen molar-refractivity contribution < 1.29 is 9.59 Å². The van der Waals surface area contributed by atoms with Gasteiger partial charge in [0.15, 0.2) is 0 Å². The first-order valence-electron chi connectivity index (χ1n) is 5.12. The van der Waals surface area contributed by atoms with Crippen LogP contribution in [0.4, 0.5) is 0 Å². The van der Waals surface area contributed by atoms with E-state index < -0.39 is 0 Å². The van der Waals surface area contributed by atoms with E-state index in [1.807, 2.05) is 11.9 Å². The first kappa shape index (κ1) is 14.2. The number of carbonyl (C=O) groups excluding carboxylic acids is 2. The van der Waals surface area contributed by atoms with Gasteiger partial charge in [0.2, 0.25) is 11.8 Å². The molecule has 0 bridgehead atoms. The van der Waals surface area contributed by atoms with Crippen molar-refractivity contribution in [2.75, 3.05) is 31.9 Å². The minimum Gasteiger partial charge on any atom is -0.283 e. The fourth-order valence-electron chi connectivity index (χ4n) is 1.56. The van der Waals surface area contributed by atoms with Crippen LogP contribution >= 0.6 is 48.0 Å². The number of rotatable bonds is 4. The summed E-state index contributed by atoms with van der Waals surface area (Å²) in [7, 11) is 1.83. The maximum absolute atomic E-state index is 11.6. The highest BCUT2D eigenvalue weighted by Crippen LogP contribution is 2.21. The Morgan fingerprint density at radius 3 is 1.72 bits per heavy atom. The number of thiocarbonyl (C=S) groups is 2. The summed E-state index contributed by atoms with van der Waals surface area (Å²) in [5, 5.41) is 0. The third-order valence-corrected chi connectivity index (χ3v) is 5.31. The second-order valence-corrected chi connectivity index (χ2v) is 7.11. The zero-order valence-electron chi connectivity index (χ0n) is 9.62. The summed E-state index contributed by atoms with van der Waals surface area (Å²) < 4.78 is 1.19. The summed E-state index contributed by atoms with van der Waals surface area (Å²) in [6.07, 6.45) is 0. The van der Waals surface area contributed by atoms with Crippen LogP contribution in [0.1, 0.15) is 0 Å². The number of thioether (sulfide) groups is 2. The highest BCUT2D eigenvalue weighted by atomic mass is 32.2. The minimum atomic E-state index is 0.0153. The van der Waals surface area contributed by atoms with Crippen molar-refractivity contribution in [3.63, 3.8) is 0 Å². The summed E-state index contributed by atoms with van der Waals surface area (Å²) >= 11 is 12.9. The van der Waals surface area contributed by atoms with Crippen LogP contribution in [-0.4, -0.2) is 67.0 Å². The standard InChI is InChI=1S/C9H11N3O2S4/c1-10(4-11-6(13)2-17-8(11)15)5-12-7(14)3-18-9(12)16/h2-5H2,1H3. The molecule has 9 heteroatoms. The van der Waals surface area contributed by atoms with Crippen molar-refractivity contribution in [2.45, 2.75) is 0 Å². The molecule has 0 radical (unpaired) electrons. The van der Waals surface area contributed by atoms with E-state index in [9.17, 15) is 9.59 Å². The summed E-state index contributed by atoms with van der Waals surface area (Å²) in [6, 6.07) is 0. The molecule has 98 valence electrons. The molecule has 0 atom stereocenters. The molecule has 0 aromatic carbocycles. The molecule has 2 amide bonds. The predicted octanol–water partition coefficient (Wildman–Crippen LogP) is 0.554. The Morgan fingerprint density at radius 1 is 1.06 bits per heavy atom. The fourth-order valence-corrected chi connectivity index (χ4v) is 3.67. The number of hydrogen-bond donors (Lipinski definition) is 0. The molecular formula is C9H11N3O2S4. The van der Waals surface area contributed by atoms with Gasteiger partial charge in [-0.2, -0.15) is 0 Å². The van der Waals surface area contributed by atoms with E-state index in [2.05, 4.69) is 0 Å². The lowest BCUT2D eigenvalue weighted by Crippen LogP contribution is -2.45. The van der Waals surface area contributed by atoms with Crippen LogP contribution in [0.3, 0.4) is 0 Å². The van der Waals surface area contributed by atoms with E-state index in [-0.39, 0.29) is 11.8 Å². The monoisotopic (exact) mass is 321 g/mol. The van der Waals surface area contributed by atoms with Crippen molar-refractivity contribution >= 4 is 68.4 Å². The smallest absolute Gasteiger partial charge is 0.239 e. The predicted molar refractivity (Wildman–Crippen MR) is 81.3 cm³/mol. The Balaban J connectivity index is 1.90. The van der Waals surface area contributed by atoms with Gasteiger partial charge in [0.1, 0.15) is 8.64 Å². The molecule has 2 heterocycles. The van der Waals surface area contributed by atoms with Crippen molar-refractivity contribution in [2.24, 2.45) is 0 Å². The van der Waals surface area contributed by atoms with Gasteiger partial charge in [0.25, 0.3) is 0 Å². The molecule has 18 heavy (non-hydrogen) atoms. The van der Waals surface area contributed by atoms with Gasteiger partial charge in [-0.25, -0.2) is 0 Å². The number of amides is 2. The second kappa shape index (κ2) is 5.83. The topological polar surface area (TPSA) is 43.9 Å². The van der Waals surface area contributed by atoms with Gasteiger partial charge in [-0.3, -0.25) is 24.3 Å². The van der Waals surface area contributed by atoms with Gasteiger partial charge in [-0.1, -0.05) is 48.0 Å². The molecule has 5 nitrogen and oxygen atoms in total. The van der Waals surface area contributed by atoms with Crippen molar-refractivity contribution in [3.05, 3.63) is 0 Å². The van der Waals surface area contributed by atoms with E-state index >= 15 is 0 Å². The van der Waals surface area contributed by atoms with Gasteiger partial charge >= 0.3 is 0 Å². The lowest BCUT2D eigenvalue weighted by Gasteiger charge is -2.27. The molecule has 0 saturated carbocycles. The van der Waals surface area contributed by atoms with Gasteiger partial charge in [-0.15, -0.1) is 0 Å². The minimum absolute atomic E-state index is 0.0153. The quantitative estimate of drug-likeness (QED) is 0.701. The third-order valence-electron chi connectivity index (χ3n) is 2.45. The summed E-state index contributed by atoms with van der Waals surface area (Å²) in [5.74, 6) is 0.843. The van der Waals surface area contributed by atoms with E-state index in [1.54, 1.807) is 9.80 Å². The van der Waals surface area contributed by atoms with Crippen LogP contribution < -0.4 is 0 Å². The van der Waals surface area contributed by atoms with E-state index in [0.717, 1.165) is 0 Å². The maximum atomic E-state index is 11.6. The summed E-state index contributed by atoms with van der Waals surface area (Å²) in [4.78, 5) is 28.1. The zero-order chi connectivity index (χ0) is 13.3. The molecule has 0 aromatic heterocycles. The first-order chi connectivity index (χ1) is 8.49. The number of hydrogen-bond acceptors (Lipinski definition) is 7. The molecule has 2 fully saturated rings. The van der Waals surface area contributed by atoms with E-state index in [4.69, 9.17) is 24.4 Å². The molecule has 2 saturated heterocycles. The average Bonchev–Trinajstić information content (AvgIpc) is 2.79. The molecule has 0 unspecified atom stereocenters. The Bertz CT molecular complexity index is 358. The Labute approximate surface area is 124 Å². The fraction of sp³-hybridized carbons (Fsp3) is 0.556. The SMILES string of the molecule is CN(CN1C(=O)CSC1=S)CN1C(=O)CSC1=S. The van der Waals surface area contributed by atoms with Gasteiger partial charge in [0, 0.05) is 0 Å². The molecule has 0 aliphatic carbocycles. The maximum Gasteiger partial charge on any atom is 0.239 e. The normalized spacial score (nSPS) is 20.8. The third kappa shape index (κ3) is 3.02. The number of nitrogens with zero attached hydrogens (tertiary/aromatic N) is 3. The van der Waals surface area contributed by atoms with Crippen LogP contribution in [0.5, 0.6) is 0 Å². The molecule has 2 rings (SSSR count). The van der Waals surface area contributed by atoms with E-state index in [0.29, 0.717) is 33.5 Å². The van der Waals surface area contributed by atoms with Crippen LogP contribution in [-0.2, 0) is 9.59 Å². The van der Waals surface area contributed by atoms with Crippen molar-refractivity contribution in [1.29, 1.82) is 0 Å². The summed E-state index contributed by atoms with van der Waals surface area (Å²) in [5.41, 5.74) is 0. The summed E-state index contributed by atoms with van der Waals surface area (Å²) in [6.45, 7) is 0.781. The zero-order valence-corrected chi connectivity index (χ0v) is 12.9. The average molecular weight is 321 g/mol. The van der Waals surface area contributed by atoms with Gasteiger partial charge < -0.3 is 0 Å². The number of carbonyl (C=O) groups is 2. The molecule has 0 spiro atoms. The van der Waals surface area contributed by atoms with Crippen LogP contribution in [0.25, 0.3) is 0 Å². The van der Waals surface area contributed by atoms with Crippen LogP contribution in [0.15, 0.2) is 0 Å². The largest absolute Gasteiger partial charge is 0.283 e. The lowest BCUT2D eigenvalue weighted by molar-refractivity contribution is -0.126. The second-order valence-electron chi connectivity index (χ2n) is 3.89. The lowest BCUT2D eigenvalue weighted by atomic mass is 10.5. The highest BCUT2D eigenvalue weighted by molar-refractivity contribution is 8.24. The molecule has 2 aliphatic rings. The van der Waals surface area contributed by atoms with E-state index in [1.165, 1.54) is 23.5 Å². The molecule has 2 aliphatic heterocycles. The molecule has 0 aromatic rings. The van der Waals surface area contributed by atoms with Gasteiger partial charge in [0.05, 0.1) is 24.8 Å². The highest BCUT2D eigenvalue weighted by Gasteiger charge is 2.30. The Kier molecular flexibility index (Phi) is 4.59. The molecular weight excluding hydrogens is 310 g/mol. The Morgan fingerprint density at radius 2 is 1.44 bits per heavy atom. The van der Waals surface area contributed by atoms with Crippen molar-refractivity contribution in [3.8, 4) is 0 Å². The molecule has 0 N–H and O–H groups in total. The van der Waals surface area contributed by atoms with Crippen LogP contribution in [0.2, 0.25) is 0 Å². The Hall–Kier alpha value is -0.220. The first-order valence-corrected chi connectivity index (χ1v) is 7.90. The van der Waals surface area contributed by atoms with Gasteiger partial charge in [-0.05, 0) is 7.05 Å².